The highest BCUT2D eigenvalue weighted by molar-refractivity contribution is 4.75. The van der Waals surface area contributed by atoms with E-state index in [9.17, 15) is 0 Å². The van der Waals surface area contributed by atoms with Gasteiger partial charge in [-0.25, -0.2) is 0 Å². The van der Waals surface area contributed by atoms with Crippen molar-refractivity contribution in [2.75, 3.05) is 0 Å². The van der Waals surface area contributed by atoms with Crippen molar-refractivity contribution in [1.82, 2.24) is 0 Å². The minimum Gasteiger partial charge on any atom is -0.390 e. The van der Waals surface area contributed by atoms with E-state index in [2.05, 4.69) is 0 Å². The molecule has 0 fully saturated rings. The van der Waals surface area contributed by atoms with E-state index in [4.69, 9.17) is 10.2 Å². The summed E-state index contributed by atoms with van der Waals surface area (Å²) in [6, 6.07) is 0. The van der Waals surface area contributed by atoms with E-state index in [-0.39, 0.29) is 0 Å². The van der Waals surface area contributed by atoms with Gasteiger partial charge in [-0.15, -0.1) is 0 Å². The van der Waals surface area contributed by atoms with E-state index in [1.165, 1.54) is 0 Å². The molecular formula is C6H14O2. The second-order valence-corrected chi connectivity index (χ2v) is 2.39. The average Bonchev–Trinajstić information content (AvgIpc) is 1.67. The van der Waals surface area contributed by atoms with Crippen molar-refractivity contribution >= 4 is 0 Å². The lowest BCUT2D eigenvalue weighted by Crippen LogP contribution is -2.35. The summed E-state index contributed by atoms with van der Waals surface area (Å²) >= 11 is 0. The third kappa shape index (κ3) is 1.80. The molecular weight excluding hydrogens is 104 g/mol. The van der Waals surface area contributed by atoms with Crippen LogP contribution in [0.1, 0.15) is 27.2 Å². The van der Waals surface area contributed by atoms with Crippen LogP contribution in [0.5, 0.6) is 0 Å². The quantitative estimate of drug-likeness (QED) is 0.555. The summed E-state index contributed by atoms with van der Waals surface area (Å²) in [5.41, 5.74) is -0.903. The lowest BCUT2D eigenvalue weighted by atomic mass is 9.98. The molecule has 2 atom stereocenters. The Morgan fingerprint density at radius 1 is 1.62 bits per heavy atom. The Morgan fingerprint density at radius 2 is 2.00 bits per heavy atom. The van der Waals surface area contributed by atoms with E-state index < -0.39 is 11.7 Å². The third-order valence-electron chi connectivity index (χ3n) is 1.62. The van der Waals surface area contributed by atoms with E-state index in [1.54, 1.807) is 13.8 Å². The third-order valence-corrected chi connectivity index (χ3v) is 1.62. The van der Waals surface area contributed by atoms with E-state index in [0.29, 0.717) is 6.42 Å². The van der Waals surface area contributed by atoms with Gasteiger partial charge in [-0.05, 0) is 20.3 Å². The Hall–Kier alpha value is -0.0800. The minimum atomic E-state index is -0.903. The van der Waals surface area contributed by atoms with Gasteiger partial charge in [-0.2, -0.15) is 0 Å². The number of rotatable bonds is 2. The molecule has 2 heteroatoms. The van der Waals surface area contributed by atoms with Gasteiger partial charge in [-0.1, -0.05) is 6.92 Å². The number of hydrogen-bond acceptors (Lipinski definition) is 2. The molecule has 0 amide bonds. The fourth-order valence-corrected chi connectivity index (χ4v) is 0.295. The van der Waals surface area contributed by atoms with Crippen molar-refractivity contribution < 1.29 is 10.2 Å². The fourth-order valence-electron chi connectivity index (χ4n) is 0.295. The maximum atomic E-state index is 9.15. The predicted octanol–water partition coefficient (Wildman–Crippen LogP) is 0.528. The van der Waals surface area contributed by atoms with Crippen LogP contribution in [0, 0.1) is 0 Å². The Kier molecular flexibility index (Phi) is 2.44. The first kappa shape index (κ1) is 7.92. The first-order valence-electron chi connectivity index (χ1n) is 2.91. The maximum Gasteiger partial charge on any atom is 0.0872 e. The zero-order valence-corrected chi connectivity index (χ0v) is 5.68. The van der Waals surface area contributed by atoms with Crippen molar-refractivity contribution in [3.8, 4) is 0 Å². The molecule has 2 nitrogen and oxygen atoms in total. The Balaban J connectivity index is 3.71. The highest BCUT2D eigenvalue weighted by atomic mass is 16.3. The molecule has 0 aromatic carbocycles. The maximum absolute atomic E-state index is 9.15. The van der Waals surface area contributed by atoms with Crippen LogP contribution < -0.4 is 0 Å². The summed E-state index contributed by atoms with van der Waals surface area (Å²) in [6.45, 7) is 5.05. The Labute approximate surface area is 50.2 Å². The van der Waals surface area contributed by atoms with E-state index in [0.717, 1.165) is 0 Å². The van der Waals surface area contributed by atoms with Crippen molar-refractivity contribution in [3.05, 3.63) is 0 Å². The zero-order valence-electron chi connectivity index (χ0n) is 5.68. The van der Waals surface area contributed by atoms with Crippen LogP contribution >= 0.6 is 0 Å². The second-order valence-electron chi connectivity index (χ2n) is 2.39. The predicted molar refractivity (Wildman–Crippen MR) is 32.6 cm³/mol. The van der Waals surface area contributed by atoms with Gasteiger partial charge >= 0.3 is 0 Å². The molecule has 8 heavy (non-hydrogen) atoms. The number of hydrogen-bond donors (Lipinski definition) is 2. The summed E-state index contributed by atoms with van der Waals surface area (Å²) < 4.78 is 0. The van der Waals surface area contributed by atoms with E-state index in [1.807, 2.05) is 6.92 Å². The number of aliphatic hydroxyl groups is 2. The average molecular weight is 118 g/mol. The van der Waals surface area contributed by atoms with E-state index >= 15 is 0 Å². The van der Waals surface area contributed by atoms with Crippen LogP contribution in [-0.2, 0) is 0 Å². The second kappa shape index (κ2) is 2.46. The fraction of sp³-hybridized carbons (Fsp3) is 1.00. The first-order chi connectivity index (χ1) is 3.50. The molecule has 0 aromatic heterocycles. The topological polar surface area (TPSA) is 40.5 Å². The summed E-state index contributed by atoms with van der Waals surface area (Å²) in [4.78, 5) is 0. The lowest BCUT2D eigenvalue weighted by Gasteiger charge is -2.24. The smallest absolute Gasteiger partial charge is 0.0872 e. The van der Waals surface area contributed by atoms with Crippen LogP contribution in [0.15, 0.2) is 0 Å². The molecule has 50 valence electrons. The zero-order chi connectivity index (χ0) is 6.78. The van der Waals surface area contributed by atoms with Crippen molar-refractivity contribution in [2.45, 2.75) is 38.9 Å². The highest BCUT2D eigenvalue weighted by Crippen LogP contribution is 2.12. The monoisotopic (exact) mass is 118 g/mol. The number of aliphatic hydroxyl groups excluding tert-OH is 1. The van der Waals surface area contributed by atoms with Crippen molar-refractivity contribution in [3.63, 3.8) is 0 Å². The molecule has 0 aliphatic rings. The lowest BCUT2D eigenvalue weighted by molar-refractivity contribution is -0.0541. The van der Waals surface area contributed by atoms with Gasteiger partial charge in [0.2, 0.25) is 0 Å². The van der Waals surface area contributed by atoms with Gasteiger partial charge in [-0.3, -0.25) is 0 Å². The van der Waals surface area contributed by atoms with Gasteiger partial charge in [0.1, 0.15) is 0 Å². The van der Waals surface area contributed by atoms with Crippen molar-refractivity contribution in [1.29, 1.82) is 0 Å². The molecule has 0 aliphatic heterocycles. The van der Waals surface area contributed by atoms with Gasteiger partial charge in [0.05, 0.1) is 11.7 Å². The molecule has 0 radical (unpaired) electrons. The summed E-state index contributed by atoms with van der Waals surface area (Å²) in [5, 5.41) is 18.0. The molecule has 0 aromatic rings. The van der Waals surface area contributed by atoms with Crippen molar-refractivity contribution in [2.24, 2.45) is 0 Å². The SMILES string of the molecule is CC[C@@](C)(O)[C@@H](C)O. The molecule has 0 heterocycles. The summed E-state index contributed by atoms with van der Waals surface area (Å²) in [6.07, 6.45) is -0.0440. The van der Waals surface area contributed by atoms with Gasteiger partial charge in [0, 0.05) is 0 Å². The molecule has 0 unspecified atom stereocenters. The van der Waals surface area contributed by atoms with Crippen LogP contribution in [0.4, 0.5) is 0 Å². The standard InChI is InChI=1S/C6H14O2/c1-4-6(3,8)5(2)7/h5,7-8H,4H2,1-3H3/t5-,6-/m1/s1. The van der Waals surface area contributed by atoms with Crippen LogP contribution in [0.25, 0.3) is 0 Å². The molecule has 0 bridgehead atoms. The molecule has 0 saturated carbocycles. The van der Waals surface area contributed by atoms with Gasteiger partial charge in [0.25, 0.3) is 0 Å². The van der Waals surface area contributed by atoms with Gasteiger partial charge < -0.3 is 10.2 Å². The van der Waals surface area contributed by atoms with Gasteiger partial charge in [0.15, 0.2) is 0 Å². The Morgan fingerprint density at radius 3 is 2.00 bits per heavy atom. The molecule has 0 spiro atoms. The summed E-state index contributed by atoms with van der Waals surface area (Å²) in [7, 11) is 0. The largest absolute Gasteiger partial charge is 0.390 e. The molecule has 0 saturated heterocycles. The normalized spacial score (nSPS) is 22.1. The Bertz CT molecular complexity index is 66.9. The highest BCUT2D eigenvalue weighted by Gasteiger charge is 2.23. The van der Waals surface area contributed by atoms with Crippen LogP contribution in [-0.4, -0.2) is 21.9 Å². The summed E-state index contributed by atoms with van der Waals surface area (Å²) in [5.74, 6) is 0. The first-order valence-corrected chi connectivity index (χ1v) is 2.91. The molecule has 0 aliphatic carbocycles. The minimum absolute atomic E-state index is 0.588. The molecule has 0 rings (SSSR count). The van der Waals surface area contributed by atoms with Crippen LogP contribution in [0.2, 0.25) is 0 Å². The van der Waals surface area contributed by atoms with Crippen LogP contribution in [0.3, 0.4) is 0 Å². The molecule has 2 N–H and O–H groups in total.